The Kier molecular flexibility index (Phi) is 8.32. The first kappa shape index (κ1) is 25.4. The number of aryl methyl sites for hydroxylation is 1. The summed E-state index contributed by atoms with van der Waals surface area (Å²) in [6.07, 6.45) is 4.45. The molecule has 186 valence electrons. The molecule has 5 heteroatoms. The van der Waals surface area contributed by atoms with Gasteiger partial charge >= 0.3 is 0 Å². The average Bonchev–Trinajstić information content (AvgIpc) is 2.90. The van der Waals surface area contributed by atoms with Crippen LogP contribution in [-0.4, -0.2) is 7.11 Å². The molecule has 0 amide bonds. The van der Waals surface area contributed by atoms with Gasteiger partial charge in [0.15, 0.2) is 23.2 Å². The Morgan fingerprint density at radius 2 is 1.25 bits per heavy atom. The van der Waals surface area contributed by atoms with E-state index in [9.17, 15) is 4.39 Å². The minimum Gasteiger partial charge on any atom is -0.497 e. The Bertz CT molecular complexity index is 1300. The average molecular weight is 491 g/mol. The largest absolute Gasteiger partial charge is 0.497 e. The number of benzene rings is 4. The van der Waals surface area contributed by atoms with Crippen LogP contribution in [0.4, 0.5) is 13.2 Å². The van der Waals surface area contributed by atoms with Crippen molar-refractivity contribution in [3.8, 4) is 33.8 Å². The summed E-state index contributed by atoms with van der Waals surface area (Å²) >= 11 is 0. The molecule has 2 nitrogen and oxygen atoms in total. The molecule has 0 bridgehead atoms. The van der Waals surface area contributed by atoms with E-state index in [4.69, 9.17) is 9.47 Å². The molecule has 0 aliphatic heterocycles. The minimum atomic E-state index is -0.885. The predicted octanol–water partition coefficient (Wildman–Crippen LogP) is 8.76. The van der Waals surface area contributed by atoms with Crippen molar-refractivity contribution < 1.29 is 22.6 Å². The zero-order valence-corrected chi connectivity index (χ0v) is 20.5. The number of unbranched alkanes of at least 4 members (excludes halogenated alkanes) is 2. The molecule has 0 aliphatic rings. The zero-order valence-electron chi connectivity index (χ0n) is 20.5. The number of hydrogen-bond donors (Lipinski definition) is 0. The normalized spacial score (nSPS) is 10.9. The van der Waals surface area contributed by atoms with Crippen LogP contribution in [0.15, 0.2) is 78.9 Å². The fourth-order valence-corrected chi connectivity index (χ4v) is 4.09. The maximum atomic E-state index is 15.0. The van der Waals surface area contributed by atoms with E-state index in [2.05, 4.69) is 6.92 Å². The molecular weight excluding hydrogens is 461 g/mol. The topological polar surface area (TPSA) is 18.5 Å². The molecule has 4 aromatic rings. The Morgan fingerprint density at radius 3 is 1.78 bits per heavy atom. The third-order valence-corrected chi connectivity index (χ3v) is 6.21. The van der Waals surface area contributed by atoms with E-state index in [1.165, 1.54) is 31.2 Å². The zero-order chi connectivity index (χ0) is 25.5. The minimum absolute atomic E-state index is 0.109. The highest BCUT2D eigenvalue weighted by molar-refractivity contribution is 5.72. The molecule has 0 atom stereocenters. The molecule has 0 fully saturated rings. The Hall–Kier alpha value is -3.73. The molecule has 0 aliphatic carbocycles. The molecule has 0 saturated heterocycles. The summed E-state index contributed by atoms with van der Waals surface area (Å²) < 4.78 is 54.7. The van der Waals surface area contributed by atoms with Crippen molar-refractivity contribution in [1.82, 2.24) is 0 Å². The first-order valence-corrected chi connectivity index (χ1v) is 12.1. The highest BCUT2D eigenvalue weighted by Crippen LogP contribution is 2.32. The third-order valence-electron chi connectivity index (χ3n) is 6.21. The van der Waals surface area contributed by atoms with Crippen LogP contribution in [-0.2, 0) is 13.0 Å². The summed E-state index contributed by atoms with van der Waals surface area (Å²) in [5.74, 6) is -1.76. The first-order chi connectivity index (χ1) is 17.5. The van der Waals surface area contributed by atoms with Crippen LogP contribution in [0.1, 0.15) is 37.3 Å². The van der Waals surface area contributed by atoms with Gasteiger partial charge in [-0.3, -0.25) is 0 Å². The second-order valence-electron chi connectivity index (χ2n) is 8.72. The van der Waals surface area contributed by atoms with E-state index in [-0.39, 0.29) is 23.5 Å². The van der Waals surface area contributed by atoms with Crippen molar-refractivity contribution in [2.24, 2.45) is 0 Å². The van der Waals surface area contributed by atoms with Crippen LogP contribution in [0.2, 0.25) is 0 Å². The first-order valence-electron chi connectivity index (χ1n) is 12.1. The Morgan fingerprint density at radius 1 is 0.667 bits per heavy atom. The van der Waals surface area contributed by atoms with Crippen LogP contribution < -0.4 is 9.47 Å². The lowest BCUT2D eigenvalue weighted by Crippen LogP contribution is -1.98. The molecule has 4 aromatic carbocycles. The van der Waals surface area contributed by atoms with Crippen molar-refractivity contribution in [1.29, 1.82) is 0 Å². The maximum absolute atomic E-state index is 15.0. The van der Waals surface area contributed by atoms with Gasteiger partial charge < -0.3 is 9.47 Å². The van der Waals surface area contributed by atoms with Gasteiger partial charge in [0.1, 0.15) is 12.4 Å². The number of halogens is 3. The summed E-state index contributed by atoms with van der Waals surface area (Å²) in [7, 11) is 1.46. The van der Waals surface area contributed by atoms with E-state index < -0.39 is 17.5 Å². The summed E-state index contributed by atoms with van der Waals surface area (Å²) in [6.45, 7) is 2.30. The van der Waals surface area contributed by atoms with Crippen molar-refractivity contribution >= 4 is 0 Å². The van der Waals surface area contributed by atoms with E-state index in [0.29, 0.717) is 16.9 Å². The van der Waals surface area contributed by atoms with Crippen molar-refractivity contribution in [3.63, 3.8) is 0 Å². The van der Waals surface area contributed by atoms with Crippen LogP contribution >= 0.6 is 0 Å². The van der Waals surface area contributed by atoms with Crippen LogP contribution in [0.5, 0.6) is 11.5 Å². The van der Waals surface area contributed by atoms with Crippen molar-refractivity contribution in [3.05, 3.63) is 107 Å². The molecule has 0 N–H and O–H groups in total. The lowest BCUT2D eigenvalue weighted by atomic mass is 9.97. The second kappa shape index (κ2) is 11.8. The van der Waals surface area contributed by atoms with Gasteiger partial charge in [-0.2, -0.15) is 0 Å². The van der Waals surface area contributed by atoms with Gasteiger partial charge in [0.05, 0.1) is 7.11 Å². The summed E-state index contributed by atoms with van der Waals surface area (Å²) in [5.41, 5.74) is 3.58. The Labute approximate surface area is 210 Å². The smallest absolute Gasteiger partial charge is 0.168 e. The summed E-state index contributed by atoms with van der Waals surface area (Å²) in [5, 5.41) is 0. The molecule has 4 rings (SSSR count). The number of rotatable bonds is 10. The van der Waals surface area contributed by atoms with Gasteiger partial charge in [0, 0.05) is 17.2 Å². The maximum Gasteiger partial charge on any atom is 0.168 e. The molecule has 0 saturated carbocycles. The molecule has 0 radical (unpaired) electrons. The standard InChI is InChI=1S/C31H29F3O2/c1-3-4-5-6-21-7-11-23(12-8-21)26-16-17-27(31(34)30(26)33)24-13-9-22(10-14-24)20-36-29-18-15-25(35-2)19-28(29)32/h7-19H,3-6,20H2,1-2H3. The number of methoxy groups -OCH3 is 1. The van der Waals surface area contributed by atoms with Crippen molar-refractivity contribution in [2.75, 3.05) is 7.11 Å². The van der Waals surface area contributed by atoms with Gasteiger partial charge in [0.25, 0.3) is 0 Å². The summed E-state index contributed by atoms with van der Waals surface area (Å²) in [6, 6.07) is 22.1. The number of ether oxygens (including phenoxy) is 2. The van der Waals surface area contributed by atoms with E-state index in [1.807, 2.05) is 24.3 Å². The molecule has 0 aromatic heterocycles. The molecule has 0 heterocycles. The van der Waals surface area contributed by atoms with Crippen LogP contribution in [0.3, 0.4) is 0 Å². The van der Waals surface area contributed by atoms with E-state index in [1.54, 1.807) is 42.5 Å². The quantitative estimate of drug-likeness (QED) is 0.207. The Balaban J connectivity index is 1.46. The summed E-state index contributed by atoms with van der Waals surface area (Å²) in [4.78, 5) is 0. The monoisotopic (exact) mass is 490 g/mol. The van der Waals surface area contributed by atoms with Gasteiger partial charge in [-0.15, -0.1) is 0 Å². The molecular formula is C31H29F3O2. The SMILES string of the molecule is CCCCCc1ccc(-c2ccc(-c3ccc(COc4ccc(OC)cc4F)cc3)c(F)c2F)cc1. The third kappa shape index (κ3) is 5.91. The van der Waals surface area contributed by atoms with Gasteiger partial charge in [-0.1, -0.05) is 80.4 Å². The van der Waals surface area contributed by atoms with Crippen LogP contribution in [0.25, 0.3) is 22.3 Å². The van der Waals surface area contributed by atoms with Gasteiger partial charge in [-0.05, 0) is 47.2 Å². The second-order valence-corrected chi connectivity index (χ2v) is 8.72. The molecule has 36 heavy (non-hydrogen) atoms. The molecule has 0 spiro atoms. The van der Waals surface area contributed by atoms with E-state index >= 15 is 8.78 Å². The van der Waals surface area contributed by atoms with Crippen LogP contribution in [0, 0.1) is 17.5 Å². The lowest BCUT2D eigenvalue weighted by molar-refractivity contribution is 0.289. The number of hydrogen-bond acceptors (Lipinski definition) is 2. The fraction of sp³-hybridized carbons (Fsp3) is 0.226. The highest BCUT2D eigenvalue weighted by atomic mass is 19.2. The van der Waals surface area contributed by atoms with Gasteiger partial charge in [-0.25, -0.2) is 13.2 Å². The predicted molar refractivity (Wildman–Crippen MR) is 138 cm³/mol. The van der Waals surface area contributed by atoms with Gasteiger partial charge in [0.2, 0.25) is 0 Å². The highest BCUT2D eigenvalue weighted by Gasteiger charge is 2.16. The lowest BCUT2D eigenvalue weighted by Gasteiger charge is -2.11. The fourth-order valence-electron chi connectivity index (χ4n) is 4.09. The van der Waals surface area contributed by atoms with E-state index in [0.717, 1.165) is 24.8 Å². The van der Waals surface area contributed by atoms with Crippen molar-refractivity contribution in [2.45, 2.75) is 39.2 Å². The molecule has 0 unspecified atom stereocenters.